The maximum atomic E-state index is 7.28. The fraction of sp³-hybridized carbons (Fsp3) is 0.778. The van der Waals surface area contributed by atoms with Crippen molar-refractivity contribution in [2.24, 2.45) is 0 Å². The Morgan fingerprint density at radius 1 is 1.56 bits per heavy atom. The van der Waals surface area contributed by atoms with Crippen LogP contribution in [0, 0.1) is 0 Å². The minimum absolute atomic E-state index is 0. The number of nitrogens with zero attached hydrogens (tertiary/aromatic N) is 3. The molecule has 94 valence electrons. The summed E-state index contributed by atoms with van der Waals surface area (Å²) < 4.78 is 9.75. The highest BCUT2D eigenvalue weighted by Crippen LogP contribution is 2.09. The Kier molecular flexibility index (Phi) is 5.53. The second-order valence-electron chi connectivity index (χ2n) is 4.27. The van der Waals surface area contributed by atoms with E-state index in [4.69, 9.17) is 15.0 Å². The van der Waals surface area contributed by atoms with Crippen molar-refractivity contribution in [3.8, 4) is 0 Å². The third-order valence-corrected chi connectivity index (χ3v) is 1.98. The zero-order chi connectivity index (χ0) is 11.5. The first-order valence-electron chi connectivity index (χ1n) is 4.82. The Morgan fingerprint density at radius 3 is 2.56 bits per heavy atom. The average molecular weight is 251 g/mol. The number of methoxy groups -OCH3 is 1. The molecule has 7 heteroatoms. The molecule has 1 heterocycles. The highest BCUT2D eigenvalue weighted by Gasteiger charge is 2.30. The van der Waals surface area contributed by atoms with Crippen LogP contribution in [0.25, 0.3) is 5.73 Å². The minimum atomic E-state index is -0.105. The van der Waals surface area contributed by atoms with Crippen molar-refractivity contribution < 1.29 is 14.1 Å². The van der Waals surface area contributed by atoms with Crippen molar-refractivity contribution in [3.05, 3.63) is 11.9 Å². The van der Waals surface area contributed by atoms with E-state index in [1.54, 1.807) is 11.9 Å². The molecular formula is C9H19ClN4O2. The van der Waals surface area contributed by atoms with E-state index in [2.05, 4.69) is 26.0 Å². The topological polar surface area (TPSA) is 66.2 Å². The third kappa shape index (κ3) is 3.86. The average Bonchev–Trinajstić information content (AvgIpc) is 2.50. The van der Waals surface area contributed by atoms with Crippen molar-refractivity contribution >= 4 is 18.3 Å². The number of halogens is 1. The summed E-state index contributed by atoms with van der Waals surface area (Å²) in [5.41, 5.74) is 7.18. The fourth-order valence-electron chi connectivity index (χ4n) is 1.27. The molecule has 0 aromatic carbocycles. The van der Waals surface area contributed by atoms with Gasteiger partial charge in [-0.25, -0.2) is 0 Å². The molecule has 0 aliphatic carbocycles. The molecule has 16 heavy (non-hydrogen) atoms. The molecule has 0 radical (unpaired) electrons. The number of nitrogens with one attached hydrogen (secondary N) is 1. The van der Waals surface area contributed by atoms with Crippen LogP contribution in [-0.2, 0) is 4.74 Å². The fourth-order valence-corrected chi connectivity index (χ4v) is 1.27. The van der Waals surface area contributed by atoms with Crippen LogP contribution in [-0.4, -0.2) is 31.1 Å². The number of rotatable bonds is 4. The maximum absolute atomic E-state index is 7.28. The Bertz CT molecular complexity index is 311. The lowest BCUT2D eigenvalue weighted by atomic mass is 10.1. The summed E-state index contributed by atoms with van der Waals surface area (Å²) in [5, 5.41) is 5.73. The lowest BCUT2D eigenvalue weighted by Gasteiger charge is -2.27. The summed E-state index contributed by atoms with van der Waals surface area (Å²) in [6, 6.07) is 0. The van der Waals surface area contributed by atoms with Crippen LogP contribution < -0.4 is 9.80 Å². The van der Waals surface area contributed by atoms with Gasteiger partial charge in [0.2, 0.25) is 5.27 Å². The van der Waals surface area contributed by atoms with E-state index in [0.717, 1.165) is 0 Å². The van der Waals surface area contributed by atoms with Crippen LogP contribution in [0.5, 0.6) is 0 Å². The second kappa shape index (κ2) is 5.91. The molecule has 6 nitrogen and oxygen atoms in total. The quantitative estimate of drug-likeness (QED) is 0.759. The van der Waals surface area contributed by atoms with E-state index in [9.17, 15) is 0 Å². The second-order valence-corrected chi connectivity index (χ2v) is 4.27. The summed E-state index contributed by atoms with van der Waals surface area (Å²) in [6.45, 7) is 7.48. The molecule has 0 aliphatic rings. The predicted octanol–water partition coefficient (Wildman–Crippen LogP) is 1.45. The van der Waals surface area contributed by atoms with Crippen LogP contribution in [0.4, 0.5) is 5.88 Å². The summed E-state index contributed by atoms with van der Waals surface area (Å²) in [7, 11) is 1.66. The molecule has 0 fully saturated rings. The Balaban J connectivity index is 0.00000225. The smallest absolute Gasteiger partial charge is 0.256 e. The lowest BCUT2D eigenvalue weighted by molar-refractivity contribution is -0.765. The standard InChI is InChI=1S/C9H18N4O2.ClH/c1-9(2,3)12(5-6-14-4)13-7-8(10)15-11-13;/h7,10H,5-6H2,1-4H3;1H. The SMILES string of the molecule is COCCN([n+]1cc([NH-])on1)C(C)(C)C.Cl. The first-order valence-corrected chi connectivity index (χ1v) is 4.82. The van der Waals surface area contributed by atoms with Crippen LogP contribution in [0.2, 0.25) is 0 Å². The first kappa shape index (κ1) is 15.0. The Hall–Kier alpha value is -1.01. The molecule has 0 aliphatic heterocycles. The van der Waals surface area contributed by atoms with Crippen LogP contribution in [0.3, 0.4) is 0 Å². The maximum Gasteiger partial charge on any atom is 0.256 e. The van der Waals surface area contributed by atoms with Gasteiger partial charge in [-0.15, -0.1) is 17.4 Å². The van der Waals surface area contributed by atoms with Gasteiger partial charge in [0, 0.05) is 7.11 Å². The van der Waals surface area contributed by atoms with Crippen molar-refractivity contribution in [1.29, 1.82) is 0 Å². The molecule has 1 N–H and O–H groups in total. The van der Waals surface area contributed by atoms with Crippen molar-refractivity contribution in [1.82, 2.24) is 5.27 Å². The van der Waals surface area contributed by atoms with Gasteiger partial charge in [-0.05, 0) is 20.8 Å². The highest BCUT2D eigenvalue weighted by atomic mass is 35.5. The molecule has 1 rings (SSSR count). The number of hydrogen-bond acceptors (Lipinski definition) is 4. The number of aromatic nitrogens is 2. The van der Waals surface area contributed by atoms with E-state index in [1.807, 2.05) is 5.01 Å². The van der Waals surface area contributed by atoms with Crippen molar-refractivity contribution in [2.75, 3.05) is 25.3 Å². The monoisotopic (exact) mass is 250 g/mol. The Morgan fingerprint density at radius 2 is 2.19 bits per heavy atom. The van der Waals surface area contributed by atoms with Gasteiger partial charge < -0.3 is 15.0 Å². The molecule has 0 amide bonds. The molecular weight excluding hydrogens is 232 g/mol. The van der Waals surface area contributed by atoms with Gasteiger partial charge in [0.15, 0.2) is 0 Å². The van der Waals surface area contributed by atoms with Gasteiger partial charge in [0.25, 0.3) is 6.20 Å². The summed E-state index contributed by atoms with van der Waals surface area (Å²) >= 11 is 0. The zero-order valence-corrected chi connectivity index (χ0v) is 10.9. The Labute approximate surface area is 102 Å². The number of ether oxygens (including phenoxy) is 1. The van der Waals surface area contributed by atoms with Gasteiger partial charge in [-0.2, -0.15) is 0 Å². The summed E-state index contributed by atoms with van der Waals surface area (Å²) in [4.78, 5) is 1.54. The zero-order valence-electron chi connectivity index (χ0n) is 10.1. The van der Waals surface area contributed by atoms with Gasteiger partial charge >= 0.3 is 0 Å². The van der Waals surface area contributed by atoms with E-state index in [1.165, 1.54) is 6.20 Å². The normalized spacial score (nSPS) is 11.0. The first-order chi connectivity index (χ1) is 6.95. The number of hydrogen-bond donors (Lipinski definition) is 0. The van der Waals surface area contributed by atoms with Gasteiger partial charge in [-0.3, -0.25) is 0 Å². The molecule has 0 saturated carbocycles. The molecule has 0 bridgehead atoms. The van der Waals surface area contributed by atoms with E-state index < -0.39 is 0 Å². The van der Waals surface area contributed by atoms with Gasteiger partial charge in [0.1, 0.15) is 5.88 Å². The summed E-state index contributed by atoms with van der Waals surface area (Å²) in [5.74, 6) is 0.0432. The predicted molar refractivity (Wildman–Crippen MR) is 62.6 cm³/mol. The molecule has 0 unspecified atom stereocenters. The van der Waals surface area contributed by atoms with Crippen molar-refractivity contribution in [2.45, 2.75) is 26.3 Å². The molecule has 0 saturated heterocycles. The van der Waals surface area contributed by atoms with E-state index in [-0.39, 0.29) is 23.8 Å². The molecule has 0 atom stereocenters. The van der Waals surface area contributed by atoms with Gasteiger partial charge in [-0.1, -0.05) is 0 Å². The van der Waals surface area contributed by atoms with Gasteiger partial charge in [0.05, 0.1) is 23.5 Å². The largest absolute Gasteiger partial charge is 0.660 e. The third-order valence-electron chi connectivity index (χ3n) is 1.98. The van der Waals surface area contributed by atoms with Crippen LogP contribution in [0.1, 0.15) is 20.8 Å². The van der Waals surface area contributed by atoms with E-state index >= 15 is 0 Å². The molecule has 1 aromatic heterocycles. The highest BCUT2D eigenvalue weighted by molar-refractivity contribution is 5.85. The molecule has 1 aromatic rings. The van der Waals surface area contributed by atoms with Crippen LogP contribution in [0.15, 0.2) is 10.7 Å². The van der Waals surface area contributed by atoms with Crippen LogP contribution >= 0.6 is 12.4 Å². The van der Waals surface area contributed by atoms with Crippen molar-refractivity contribution in [3.63, 3.8) is 0 Å². The summed E-state index contributed by atoms with van der Waals surface area (Å²) in [6.07, 6.45) is 1.53. The minimum Gasteiger partial charge on any atom is -0.660 e. The molecule has 0 spiro atoms. The lowest BCUT2D eigenvalue weighted by Crippen LogP contribution is -2.67. The van der Waals surface area contributed by atoms with E-state index in [0.29, 0.717) is 13.2 Å².